The van der Waals surface area contributed by atoms with Crippen LogP contribution in [0, 0.1) is 0 Å². The third-order valence-electron chi connectivity index (χ3n) is 4.03. The molecule has 24 heavy (non-hydrogen) atoms. The number of rotatable bonds is 7. The average Bonchev–Trinajstić information content (AvgIpc) is 3.10. The Morgan fingerprint density at radius 2 is 1.96 bits per heavy atom. The first-order valence-electron chi connectivity index (χ1n) is 8.07. The van der Waals surface area contributed by atoms with E-state index in [2.05, 4.69) is 9.98 Å². The number of fused-ring (bicyclic) bond motifs is 1. The molecule has 0 saturated carbocycles. The van der Waals surface area contributed by atoms with E-state index in [1.165, 1.54) is 0 Å². The topological polar surface area (TPSA) is 60.8 Å². The van der Waals surface area contributed by atoms with Crippen LogP contribution in [-0.2, 0) is 0 Å². The number of ketones is 1. The second-order valence-corrected chi connectivity index (χ2v) is 5.61. The highest BCUT2D eigenvalue weighted by Gasteiger charge is 2.16. The van der Waals surface area contributed by atoms with Crippen LogP contribution < -0.4 is 9.47 Å². The van der Waals surface area contributed by atoms with Crippen LogP contribution in [0.3, 0.4) is 0 Å². The molecule has 1 aromatic carbocycles. The zero-order valence-corrected chi connectivity index (χ0v) is 13.7. The highest BCUT2D eigenvalue weighted by molar-refractivity contribution is 6.00. The molecule has 3 rings (SSSR count). The summed E-state index contributed by atoms with van der Waals surface area (Å²) in [5, 5.41) is 0. The van der Waals surface area contributed by atoms with Crippen molar-refractivity contribution < 1.29 is 14.3 Å². The van der Waals surface area contributed by atoms with Crippen molar-refractivity contribution >= 4 is 11.5 Å². The smallest absolute Gasteiger partial charge is 0.231 e. The van der Waals surface area contributed by atoms with E-state index in [1.54, 1.807) is 31.4 Å². The van der Waals surface area contributed by atoms with E-state index in [4.69, 9.17) is 9.47 Å². The van der Waals surface area contributed by atoms with E-state index in [0.29, 0.717) is 23.5 Å². The van der Waals surface area contributed by atoms with Crippen molar-refractivity contribution in [3.05, 3.63) is 53.9 Å². The molecule has 0 saturated heterocycles. The normalized spacial score (nSPS) is 13.1. The fourth-order valence-electron chi connectivity index (χ4n) is 2.71. The molecular formula is C19H20N2O3. The Morgan fingerprint density at radius 3 is 2.75 bits per heavy atom. The number of benzene rings is 1. The lowest BCUT2D eigenvalue weighted by atomic mass is 10.0. The quantitative estimate of drug-likeness (QED) is 0.443. The molecule has 2 heterocycles. The van der Waals surface area contributed by atoms with E-state index < -0.39 is 0 Å². The summed E-state index contributed by atoms with van der Waals surface area (Å²) in [6.45, 7) is 0.223. The molecule has 1 aromatic heterocycles. The number of aliphatic imine (C=N–C) groups is 1. The lowest BCUT2D eigenvalue weighted by molar-refractivity contribution is 0.0979. The van der Waals surface area contributed by atoms with E-state index >= 15 is 0 Å². The lowest BCUT2D eigenvalue weighted by Gasteiger charge is -2.06. The molecule has 0 fully saturated rings. The molecule has 0 amide bonds. The minimum absolute atomic E-state index is 0.129. The number of unbranched alkanes of at least 4 members (excludes halogenated alkanes) is 1. The first-order valence-corrected chi connectivity index (χ1v) is 8.07. The standard InChI is InChI=1S/C19H20N2O3/c1-20-16(15-5-4-10-21-12-15)6-2-3-7-17(22)14-8-9-18-19(11-14)24-13-23-18/h4-5,8-12H,2-3,6-7,13H2,1H3. The van der Waals surface area contributed by atoms with Crippen LogP contribution >= 0.6 is 0 Å². The molecule has 0 unspecified atom stereocenters. The van der Waals surface area contributed by atoms with Crippen molar-refractivity contribution in [2.45, 2.75) is 25.7 Å². The fraction of sp³-hybridized carbons (Fsp3) is 0.316. The van der Waals surface area contributed by atoms with Gasteiger partial charge in [-0.2, -0.15) is 0 Å². The fourth-order valence-corrected chi connectivity index (χ4v) is 2.71. The van der Waals surface area contributed by atoms with Gasteiger partial charge in [0.25, 0.3) is 0 Å². The minimum atomic E-state index is 0.129. The van der Waals surface area contributed by atoms with E-state index in [9.17, 15) is 4.79 Å². The molecule has 0 aliphatic carbocycles. The Hall–Kier alpha value is -2.69. The van der Waals surface area contributed by atoms with Gasteiger partial charge in [-0.15, -0.1) is 0 Å². The summed E-state index contributed by atoms with van der Waals surface area (Å²) < 4.78 is 10.6. The van der Waals surface area contributed by atoms with E-state index in [-0.39, 0.29) is 12.6 Å². The van der Waals surface area contributed by atoms with Gasteiger partial charge in [0.2, 0.25) is 6.79 Å². The van der Waals surface area contributed by atoms with Crippen LogP contribution in [0.2, 0.25) is 0 Å². The van der Waals surface area contributed by atoms with Crippen LogP contribution in [0.5, 0.6) is 11.5 Å². The van der Waals surface area contributed by atoms with Gasteiger partial charge < -0.3 is 9.47 Å². The van der Waals surface area contributed by atoms with Gasteiger partial charge in [0.1, 0.15) is 0 Å². The number of pyridine rings is 1. The van der Waals surface area contributed by atoms with Gasteiger partial charge in [-0.3, -0.25) is 14.8 Å². The summed E-state index contributed by atoms with van der Waals surface area (Å²) in [5.41, 5.74) is 2.75. The lowest BCUT2D eigenvalue weighted by Crippen LogP contribution is -2.03. The Labute approximate surface area is 141 Å². The van der Waals surface area contributed by atoms with Crippen molar-refractivity contribution in [2.75, 3.05) is 13.8 Å². The minimum Gasteiger partial charge on any atom is -0.454 e. The van der Waals surface area contributed by atoms with Crippen molar-refractivity contribution in [3.8, 4) is 11.5 Å². The first kappa shape index (κ1) is 16.2. The van der Waals surface area contributed by atoms with Gasteiger partial charge >= 0.3 is 0 Å². The van der Waals surface area contributed by atoms with Crippen molar-refractivity contribution in [2.24, 2.45) is 4.99 Å². The van der Waals surface area contributed by atoms with Crippen molar-refractivity contribution in [3.63, 3.8) is 0 Å². The Morgan fingerprint density at radius 1 is 1.12 bits per heavy atom. The number of hydrogen-bond donors (Lipinski definition) is 0. The number of carbonyl (C=O) groups excluding carboxylic acids is 1. The van der Waals surface area contributed by atoms with Gasteiger partial charge in [-0.25, -0.2) is 0 Å². The van der Waals surface area contributed by atoms with Gasteiger partial charge in [-0.1, -0.05) is 6.07 Å². The van der Waals surface area contributed by atoms with Crippen LogP contribution in [0.4, 0.5) is 0 Å². The van der Waals surface area contributed by atoms with E-state index in [1.807, 2.05) is 18.3 Å². The van der Waals surface area contributed by atoms with Gasteiger partial charge in [0.05, 0.1) is 0 Å². The number of hydrogen-bond acceptors (Lipinski definition) is 5. The summed E-state index contributed by atoms with van der Waals surface area (Å²) >= 11 is 0. The van der Waals surface area contributed by atoms with Crippen LogP contribution in [0.15, 0.2) is 47.7 Å². The number of aromatic nitrogens is 1. The van der Waals surface area contributed by atoms with Gasteiger partial charge in [0, 0.05) is 42.7 Å². The molecule has 124 valence electrons. The molecular weight excluding hydrogens is 304 g/mol. The molecule has 0 spiro atoms. The predicted octanol–water partition coefficient (Wildman–Crippen LogP) is 3.67. The summed E-state index contributed by atoms with van der Waals surface area (Å²) in [4.78, 5) is 20.7. The SMILES string of the molecule is CN=C(CCCCC(=O)c1ccc2c(c1)OCO2)c1cccnc1. The molecule has 0 N–H and O–H groups in total. The monoisotopic (exact) mass is 324 g/mol. The molecule has 0 bridgehead atoms. The summed E-state index contributed by atoms with van der Waals surface area (Å²) in [5.74, 6) is 1.48. The molecule has 1 aliphatic rings. The number of ether oxygens (including phenoxy) is 2. The summed E-state index contributed by atoms with van der Waals surface area (Å²) in [6.07, 6.45) is 6.67. The third-order valence-corrected chi connectivity index (χ3v) is 4.03. The maximum absolute atomic E-state index is 12.3. The zero-order chi connectivity index (χ0) is 16.8. The van der Waals surface area contributed by atoms with Crippen molar-refractivity contribution in [1.82, 2.24) is 4.98 Å². The highest BCUT2D eigenvalue weighted by atomic mass is 16.7. The molecule has 0 radical (unpaired) electrons. The van der Waals surface area contributed by atoms with Gasteiger partial charge in [0.15, 0.2) is 17.3 Å². The maximum Gasteiger partial charge on any atom is 0.231 e. The van der Waals surface area contributed by atoms with Crippen molar-refractivity contribution in [1.29, 1.82) is 0 Å². The number of Topliss-reactive ketones (excluding diaryl/α,β-unsaturated/α-hetero) is 1. The molecule has 0 atom stereocenters. The average molecular weight is 324 g/mol. The second kappa shape index (κ2) is 7.73. The third kappa shape index (κ3) is 3.79. The second-order valence-electron chi connectivity index (χ2n) is 5.61. The maximum atomic E-state index is 12.3. The molecule has 5 heteroatoms. The van der Waals surface area contributed by atoms with Crippen LogP contribution in [0.1, 0.15) is 41.6 Å². The largest absolute Gasteiger partial charge is 0.454 e. The Kier molecular flexibility index (Phi) is 5.21. The van der Waals surface area contributed by atoms with Gasteiger partial charge in [-0.05, 0) is 43.5 Å². The zero-order valence-electron chi connectivity index (χ0n) is 13.7. The van der Waals surface area contributed by atoms with Crippen LogP contribution in [-0.4, -0.2) is 30.3 Å². The Balaban J connectivity index is 1.49. The summed E-state index contributed by atoms with van der Waals surface area (Å²) in [6, 6.07) is 9.26. The predicted molar refractivity (Wildman–Crippen MR) is 92.1 cm³/mol. The highest BCUT2D eigenvalue weighted by Crippen LogP contribution is 2.32. The number of carbonyl (C=O) groups is 1. The Bertz CT molecular complexity index is 742. The van der Waals surface area contributed by atoms with E-state index in [0.717, 1.165) is 30.5 Å². The molecule has 1 aliphatic heterocycles. The molecule has 5 nitrogen and oxygen atoms in total. The van der Waals surface area contributed by atoms with Crippen LogP contribution in [0.25, 0.3) is 0 Å². The summed E-state index contributed by atoms with van der Waals surface area (Å²) in [7, 11) is 1.79. The molecule has 2 aromatic rings. The first-order chi connectivity index (χ1) is 11.8. The number of nitrogens with zero attached hydrogens (tertiary/aromatic N) is 2.